The molecular formula is C33H40N2O11. The molecule has 2 aromatic carbocycles. The van der Waals surface area contributed by atoms with Crippen LogP contribution >= 0.6 is 0 Å². The predicted molar refractivity (Wildman–Crippen MR) is 161 cm³/mol. The van der Waals surface area contributed by atoms with Crippen molar-refractivity contribution in [3.63, 3.8) is 0 Å². The van der Waals surface area contributed by atoms with Gasteiger partial charge in [0, 0.05) is 11.1 Å². The zero-order chi connectivity index (χ0) is 32.0. The van der Waals surface area contributed by atoms with Crippen molar-refractivity contribution >= 4 is 6.03 Å². The van der Waals surface area contributed by atoms with Crippen LogP contribution in [0.2, 0.25) is 0 Å². The Bertz CT molecular complexity index is 1210. The number of urea groups is 1. The number of aliphatic hydroxyl groups excluding tert-OH is 2. The van der Waals surface area contributed by atoms with Crippen molar-refractivity contribution in [2.24, 2.45) is 0 Å². The topological polar surface area (TPSA) is 155 Å². The number of hydrogen-bond acceptors (Lipinski definition) is 11. The van der Waals surface area contributed by atoms with Crippen molar-refractivity contribution in [2.75, 3.05) is 26.4 Å². The van der Waals surface area contributed by atoms with Crippen molar-refractivity contribution in [2.45, 2.75) is 73.9 Å². The third kappa shape index (κ3) is 7.19. The number of amides is 2. The number of carbonyl (C=O) groups excluding carboxylic acids is 1. The van der Waals surface area contributed by atoms with Crippen molar-refractivity contribution in [3.8, 4) is 0 Å². The van der Waals surface area contributed by atoms with E-state index in [4.69, 9.17) is 37.9 Å². The molecule has 0 spiro atoms. The second kappa shape index (κ2) is 15.1. The molecule has 13 nitrogen and oxygen atoms in total. The van der Waals surface area contributed by atoms with Crippen molar-refractivity contribution in [1.82, 2.24) is 10.6 Å². The number of fused-ring (bicyclic) bond motifs is 2. The average Bonchev–Trinajstić information content (AvgIpc) is 3.09. The number of aliphatic hydroxyl groups is 2. The fourth-order valence-electron chi connectivity index (χ4n) is 6.01. The molecule has 4 aliphatic rings. The summed E-state index contributed by atoms with van der Waals surface area (Å²) in [6.07, 6.45) is -6.01. The van der Waals surface area contributed by atoms with Crippen LogP contribution in [0.4, 0.5) is 4.79 Å². The Morgan fingerprint density at radius 3 is 1.52 bits per heavy atom. The fraction of sp³-hybridized carbons (Fsp3) is 0.485. The van der Waals surface area contributed by atoms with Gasteiger partial charge in [-0.15, -0.1) is 13.2 Å². The minimum Gasteiger partial charge on any atom is -0.388 e. The number of carbonyl (C=O) groups is 1. The van der Waals surface area contributed by atoms with Crippen molar-refractivity contribution in [1.29, 1.82) is 0 Å². The van der Waals surface area contributed by atoms with E-state index in [1.807, 2.05) is 60.7 Å². The highest BCUT2D eigenvalue weighted by Gasteiger charge is 2.53. The van der Waals surface area contributed by atoms with Crippen LogP contribution < -0.4 is 10.6 Å². The molecule has 0 saturated carbocycles. The number of benzene rings is 2. The maximum atomic E-state index is 13.6. The lowest BCUT2D eigenvalue weighted by molar-refractivity contribution is -0.344. The van der Waals surface area contributed by atoms with E-state index in [0.717, 1.165) is 11.1 Å². The molecule has 248 valence electrons. The highest BCUT2D eigenvalue weighted by molar-refractivity contribution is 5.75. The molecular weight excluding hydrogens is 600 g/mol. The minimum absolute atomic E-state index is 0.0978. The van der Waals surface area contributed by atoms with Crippen LogP contribution in [0.1, 0.15) is 23.7 Å². The highest BCUT2D eigenvalue weighted by atomic mass is 16.8. The van der Waals surface area contributed by atoms with Gasteiger partial charge in [0.1, 0.15) is 48.7 Å². The summed E-state index contributed by atoms with van der Waals surface area (Å²) in [4.78, 5) is 13.6. The lowest BCUT2D eigenvalue weighted by Crippen LogP contribution is -2.70. The smallest absolute Gasteiger partial charge is 0.315 e. The standard InChI is InChI=1S/C33H40N2O11/c1-3-15-39-31-23(25(36)27-21(43-31)17-41-29(45-27)19-11-7-5-8-12-19)34-33(38)35-24-26(37)28-22(44-32(24)40-16-4-2)18-42-30(46-28)20-13-9-6-10-14-20/h3-14,21-32,36-37H,1-2,15-18H2,(H2,34,35,38)/t21-,22-,23-,24-,25-,26-,27-,28-,29-,30-,31+,32+/m1/s1. The molecule has 4 heterocycles. The molecule has 0 bridgehead atoms. The minimum atomic E-state index is -1.25. The quantitative estimate of drug-likeness (QED) is 0.281. The number of nitrogens with one attached hydrogen (secondary N) is 2. The number of hydrogen-bond donors (Lipinski definition) is 4. The molecule has 0 unspecified atom stereocenters. The van der Waals surface area contributed by atoms with Gasteiger partial charge < -0.3 is 58.7 Å². The van der Waals surface area contributed by atoms with Gasteiger partial charge in [-0.05, 0) is 0 Å². The van der Waals surface area contributed by atoms with E-state index in [9.17, 15) is 15.0 Å². The van der Waals surface area contributed by atoms with Crippen LogP contribution in [-0.4, -0.2) is 104 Å². The fourth-order valence-corrected chi connectivity index (χ4v) is 6.01. The molecule has 46 heavy (non-hydrogen) atoms. The Kier molecular flexibility index (Phi) is 10.8. The molecule has 0 aliphatic carbocycles. The summed E-state index contributed by atoms with van der Waals surface area (Å²) in [5.41, 5.74) is 1.56. The molecule has 0 aromatic heterocycles. The van der Waals surface area contributed by atoms with Crippen LogP contribution in [-0.2, 0) is 37.9 Å². The van der Waals surface area contributed by atoms with E-state index in [0.29, 0.717) is 0 Å². The van der Waals surface area contributed by atoms with Gasteiger partial charge in [-0.1, -0.05) is 72.8 Å². The molecule has 2 aromatic rings. The molecule has 2 amide bonds. The van der Waals surface area contributed by atoms with Gasteiger partial charge in [-0.25, -0.2) is 4.79 Å². The average molecular weight is 641 g/mol. The molecule has 13 heteroatoms. The largest absolute Gasteiger partial charge is 0.388 e. The summed E-state index contributed by atoms with van der Waals surface area (Å²) in [6, 6.07) is 15.8. The summed E-state index contributed by atoms with van der Waals surface area (Å²) in [5, 5.41) is 28.5. The van der Waals surface area contributed by atoms with E-state index in [2.05, 4.69) is 23.8 Å². The van der Waals surface area contributed by atoms with E-state index < -0.39 is 79.9 Å². The number of rotatable bonds is 10. The second-order valence-electron chi connectivity index (χ2n) is 11.3. The van der Waals surface area contributed by atoms with Gasteiger partial charge in [-0.2, -0.15) is 0 Å². The first-order valence-corrected chi connectivity index (χ1v) is 15.3. The van der Waals surface area contributed by atoms with Crippen LogP contribution in [0.5, 0.6) is 0 Å². The molecule has 0 radical (unpaired) electrons. The lowest BCUT2D eigenvalue weighted by Gasteiger charge is -2.49. The summed E-state index contributed by atoms with van der Waals surface area (Å²) in [6.45, 7) is 7.82. The molecule has 6 rings (SSSR count). The Balaban J connectivity index is 1.16. The van der Waals surface area contributed by atoms with Crippen LogP contribution in [0.15, 0.2) is 86.0 Å². The van der Waals surface area contributed by atoms with Gasteiger partial charge >= 0.3 is 6.03 Å². The zero-order valence-corrected chi connectivity index (χ0v) is 25.2. The van der Waals surface area contributed by atoms with Gasteiger partial charge in [0.2, 0.25) is 0 Å². The molecule has 4 fully saturated rings. The van der Waals surface area contributed by atoms with Crippen LogP contribution in [0.25, 0.3) is 0 Å². The SMILES string of the molecule is C=CCO[C@H]1O[C@@H]2CO[C@@H](c3ccccc3)O[C@H]2[C@H](O)[C@H]1NC(=O)N[C@H]1[C@@H](OCC=C)O[C@@H]2CO[C@@H](c3ccccc3)O[C@H]2[C@@H]1O. The van der Waals surface area contributed by atoms with E-state index in [-0.39, 0.29) is 26.4 Å². The molecule has 4 aliphatic heterocycles. The maximum Gasteiger partial charge on any atom is 0.315 e. The highest BCUT2D eigenvalue weighted by Crippen LogP contribution is 2.36. The van der Waals surface area contributed by atoms with Crippen LogP contribution in [0.3, 0.4) is 0 Å². The lowest BCUT2D eigenvalue weighted by atomic mass is 9.95. The predicted octanol–water partition coefficient (Wildman–Crippen LogP) is 1.83. The first-order valence-electron chi connectivity index (χ1n) is 15.3. The normalized spacial score (nSPS) is 37.3. The van der Waals surface area contributed by atoms with E-state index in [1.54, 1.807) is 0 Å². The van der Waals surface area contributed by atoms with E-state index in [1.165, 1.54) is 12.2 Å². The molecule has 4 N–H and O–H groups in total. The first-order chi connectivity index (χ1) is 22.5. The van der Waals surface area contributed by atoms with Gasteiger partial charge in [-0.3, -0.25) is 0 Å². The Morgan fingerprint density at radius 2 is 1.13 bits per heavy atom. The summed E-state index contributed by atoms with van der Waals surface area (Å²) >= 11 is 0. The van der Waals surface area contributed by atoms with Crippen molar-refractivity contribution in [3.05, 3.63) is 97.1 Å². The summed E-state index contributed by atoms with van der Waals surface area (Å²) in [5.74, 6) is 0. The third-order valence-corrected chi connectivity index (χ3v) is 8.23. The Morgan fingerprint density at radius 1 is 0.717 bits per heavy atom. The summed E-state index contributed by atoms with van der Waals surface area (Å²) < 4.78 is 47.8. The van der Waals surface area contributed by atoms with E-state index >= 15 is 0 Å². The second-order valence-corrected chi connectivity index (χ2v) is 11.3. The van der Waals surface area contributed by atoms with Gasteiger partial charge in [0.15, 0.2) is 25.2 Å². The Labute approximate surface area is 267 Å². The van der Waals surface area contributed by atoms with Gasteiger partial charge in [0.25, 0.3) is 0 Å². The van der Waals surface area contributed by atoms with Crippen LogP contribution in [0, 0.1) is 0 Å². The molecule has 12 atom stereocenters. The monoisotopic (exact) mass is 640 g/mol. The zero-order valence-electron chi connectivity index (χ0n) is 25.2. The van der Waals surface area contributed by atoms with Crippen molar-refractivity contribution < 1.29 is 52.9 Å². The Hall–Kier alpha value is -3.21. The molecule has 4 saturated heterocycles. The third-order valence-electron chi connectivity index (χ3n) is 8.23. The number of ether oxygens (including phenoxy) is 8. The maximum absolute atomic E-state index is 13.6. The van der Waals surface area contributed by atoms with Gasteiger partial charge in [0.05, 0.1) is 26.4 Å². The first kappa shape index (κ1) is 32.7. The summed E-state index contributed by atoms with van der Waals surface area (Å²) in [7, 11) is 0.